The SMILES string of the molecule is CBOS(C)=O. The van der Waals surface area contributed by atoms with Crippen molar-refractivity contribution in [1.82, 2.24) is 0 Å². The Morgan fingerprint density at radius 1 is 1.83 bits per heavy atom. The standard InChI is InChI=1S/C2H7BO2S/c1-3-5-6(2)4/h3H,1-2H3. The minimum absolute atomic E-state index is 0.531. The predicted octanol–water partition coefficient (Wildman–Crippen LogP) is -0.304. The third kappa shape index (κ3) is 4.17. The van der Waals surface area contributed by atoms with E-state index in [1.54, 1.807) is 6.82 Å². The molecule has 1 atom stereocenters. The average molecular weight is 106 g/mol. The molecule has 6 heavy (non-hydrogen) atoms. The molecule has 2 nitrogen and oxygen atoms in total. The van der Waals surface area contributed by atoms with Crippen molar-refractivity contribution in [2.75, 3.05) is 6.26 Å². The minimum atomic E-state index is -1.07. The third-order valence-corrected chi connectivity index (χ3v) is 0.851. The molecular weight excluding hydrogens is 98.9 g/mol. The first-order chi connectivity index (χ1) is 2.77. The molecule has 0 heterocycles. The molecule has 0 aliphatic rings. The lowest BCUT2D eigenvalue weighted by molar-refractivity contribution is 0.594. The lowest BCUT2D eigenvalue weighted by Crippen LogP contribution is -1.94. The van der Waals surface area contributed by atoms with Crippen LogP contribution in [0, 0.1) is 0 Å². The zero-order valence-corrected chi connectivity index (χ0v) is 4.75. The molecule has 1 unspecified atom stereocenters. The zero-order chi connectivity index (χ0) is 4.99. The third-order valence-electron chi connectivity index (χ3n) is 0.284. The van der Waals surface area contributed by atoms with E-state index in [0.29, 0.717) is 7.48 Å². The molecular formula is C2H7BO2S. The number of rotatable bonds is 2. The van der Waals surface area contributed by atoms with Crippen molar-refractivity contribution >= 4 is 18.6 Å². The molecule has 0 aromatic rings. The molecule has 0 fully saturated rings. The maximum Gasteiger partial charge on any atom is 0.294 e. The highest BCUT2D eigenvalue weighted by Crippen LogP contribution is 1.71. The van der Waals surface area contributed by atoms with Crippen LogP contribution in [0.25, 0.3) is 0 Å². The second kappa shape index (κ2) is 3.37. The lowest BCUT2D eigenvalue weighted by atomic mass is 10.1. The van der Waals surface area contributed by atoms with Crippen LogP contribution in [0.5, 0.6) is 0 Å². The van der Waals surface area contributed by atoms with Crippen molar-refractivity contribution in [1.29, 1.82) is 0 Å². The number of hydrogen-bond acceptors (Lipinski definition) is 2. The van der Waals surface area contributed by atoms with E-state index in [1.165, 1.54) is 6.26 Å². The van der Waals surface area contributed by atoms with Gasteiger partial charge in [0.05, 0.1) is 0 Å². The molecule has 36 valence electrons. The van der Waals surface area contributed by atoms with Gasteiger partial charge in [-0.2, -0.15) is 0 Å². The molecule has 0 saturated heterocycles. The summed E-state index contributed by atoms with van der Waals surface area (Å²) in [7, 11) is 0.531. The van der Waals surface area contributed by atoms with Crippen molar-refractivity contribution < 1.29 is 8.31 Å². The first-order valence-electron chi connectivity index (χ1n) is 1.74. The molecule has 0 spiro atoms. The molecule has 0 radical (unpaired) electrons. The summed E-state index contributed by atoms with van der Waals surface area (Å²) < 4.78 is 14.4. The molecule has 0 aromatic heterocycles. The fraction of sp³-hybridized carbons (Fsp3) is 1.00. The first-order valence-corrected chi connectivity index (χ1v) is 3.22. The normalized spacial score (nSPS) is 13.7. The quantitative estimate of drug-likeness (QED) is 0.451. The molecule has 0 saturated carbocycles. The van der Waals surface area contributed by atoms with Crippen LogP contribution >= 0.6 is 0 Å². The monoisotopic (exact) mass is 106 g/mol. The van der Waals surface area contributed by atoms with Gasteiger partial charge in [-0.1, -0.05) is 6.82 Å². The Bertz CT molecular complexity index is 55.5. The van der Waals surface area contributed by atoms with Crippen LogP contribution in [0.15, 0.2) is 0 Å². The van der Waals surface area contributed by atoms with Gasteiger partial charge in [0, 0.05) is 6.26 Å². The highest BCUT2D eigenvalue weighted by Gasteiger charge is 1.81. The Kier molecular flexibility index (Phi) is 3.47. The van der Waals surface area contributed by atoms with E-state index in [-0.39, 0.29) is 0 Å². The van der Waals surface area contributed by atoms with Crippen molar-refractivity contribution in [3.8, 4) is 0 Å². The summed E-state index contributed by atoms with van der Waals surface area (Å²) in [6.45, 7) is 1.81. The van der Waals surface area contributed by atoms with E-state index in [9.17, 15) is 4.21 Å². The summed E-state index contributed by atoms with van der Waals surface area (Å²) in [4.78, 5) is 0. The van der Waals surface area contributed by atoms with E-state index < -0.39 is 11.1 Å². The first kappa shape index (κ1) is 6.17. The van der Waals surface area contributed by atoms with Gasteiger partial charge < -0.3 is 4.10 Å². The van der Waals surface area contributed by atoms with Gasteiger partial charge in [0.2, 0.25) is 0 Å². The van der Waals surface area contributed by atoms with Gasteiger partial charge in [-0.3, -0.25) is 0 Å². The van der Waals surface area contributed by atoms with Crippen LogP contribution in [0.3, 0.4) is 0 Å². The Hall–Kier alpha value is 0.175. The summed E-state index contributed by atoms with van der Waals surface area (Å²) in [5, 5.41) is 0. The fourth-order valence-corrected chi connectivity index (χ4v) is 0.498. The molecule has 0 amide bonds. The molecule has 4 heteroatoms. The molecule has 0 aromatic carbocycles. The molecule has 0 aliphatic heterocycles. The Morgan fingerprint density at radius 2 is 2.33 bits per heavy atom. The summed E-state index contributed by atoms with van der Waals surface area (Å²) in [5.41, 5.74) is 0. The molecule has 0 aliphatic carbocycles. The van der Waals surface area contributed by atoms with Crippen LogP contribution < -0.4 is 0 Å². The average Bonchev–Trinajstić information content (AvgIpc) is 1.35. The maximum absolute atomic E-state index is 9.93. The van der Waals surface area contributed by atoms with Crippen LogP contribution in [0.4, 0.5) is 0 Å². The highest BCUT2D eigenvalue weighted by atomic mass is 32.2. The van der Waals surface area contributed by atoms with Gasteiger partial charge in [-0.25, -0.2) is 4.21 Å². The summed E-state index contributed by atoms with van der Waals surface area (Å²) in [6, 6.07) is 0. The highest BCUT2D eigenvalue weighted by molar-refractivity contribution is 7.80. The van der Waals surface area contributed by atoms with E-state index in [1.807, 2.05) is 0 Å². The van der Waals surface area contributed by atoms with E-state index in [2.05, 4.69) is 4.10 Å². The second-order valence-corrected chi connectivity index (χ2v) is 1.85. The van der Waals surface area contributed by atoms with Crippen molar-refractivity contribution in [3.63, 3.8) is 0 Å². The minimum Gasteiger partial charge on any atom is -0.359 e. The Balaban J connectivity index is 2.83. The Labute approximate surface area is 40.8 Å². The largest absolute Gasteiger partial charge is 0.359 e. The topological polar surface area (TPSA) is 26.3 Å². The van der Waals surface area contributed by atoms with Crippen molar-refractivity contribution in [3.05, 3.63) is 0 Å². The fourth-order valence-electron chi connectivity index (χ4n) is 0.166. The van der Waals surface area contributed by atoms with Gasteiger partial charge in [0.25, 0.3) is 7.48 Å². The van der Waals surface area contributed by atoms with Gasteiger partial charge >= 0.3 is 0 Å². The molecule has 0 N–H and O–H groups in total. The van der Waals surface area contributed by atoms with Gasteiger partial charge in [-0.15, -0.1) is 0 Å². The van der Waals surface area contributed by atoms with E-state index in [0.717, 1.165) is 0 Å². The predicted molar refractivity (Wildman–Crippen MR) is 28.2 cm³/mol. The van der Waals surface area contributed by atoms with Gasteiger partial charge in [0.15, 0.2) is 0 Å². The van der Waals surface area contributed by atoms with Gasteiger partial charge in [-0.05, 0) is 0 Å². The van der Waals surface area contributed by atoms with Crippen molar-refractivity contribution in [2.24, 2.45) is 0 Å². The molecule has 0 bridgehead atoms. The lowest BCUT2D eigenvalue weighted by Gasteiger charge is -1.85. The Morgan fingerprint density at radius 3 is 2.33 bits per heavy atom. The van der Waals surface area contributed by atoms with E-state index in [4.69, 9.17) is 0 Å². The van der Waals surface area contributed by atoms with Crippen LogP contribution in [0.1, 0.15) is 0 Å². The summed E-state index contributed by atoms with van der Waals surface area (Å²) >= 11 is -1.07. The molecule has 0 rings (SSSR count). The second-order valence-electron chi connectivity index (χ2n) is 0.808. The van der Waals surface area contributed by atoms with Crippen LogP contribution in [0.2, 0.25) is 6.82 Å². The zero-order valence-electron chi connectivity index (χ0n) is 3.93. The summed E-state index contributed by atoms with van der Waals surface area (Å²) in [5.74, 6) is 0. The van der Waals surface area contributed by atoms with Crippen LogP contribution in [-0.4, -0.2) is 17.9 Å². The van der Waals surface area contributed by atoms with E-state index >= 15 is 0 Å². The van der Waals surface area contributed by atoms with Crippen molar-refractivity contribution in [2.45, 2.75) is 6.82 Å². The number of hydrogen-bond donors (Lipinski definition) is 0. The maximum atomic E-state index is 9.93. The van der Waals surface area contributed by atoms with Gasteiger partial charge in [0.1, 0.15) is 11.1 Å². The summed E-state index contributed by atoms with van der Waals surface area (Å²) in [6.07, 6.45) is 1.50. The smallest absolute Gasteiger partial charge is 0.294 e. The van der Waals surface area contributed by atoms with Crippen LogP contribution in [-0.2, 0) is 15.2 Å².